The monoisotopic (exact) mass is 332 g/mol. The zero-order valence-electron chi connectivity index (χ0n) is 14.0. The van der Waals surface area contributed by atoms with Gasteiger partial charge in [0.05, 0.1) is 4.90 Å². The number of hydrogen-bond donors (Lipinski definition) is 0. The van der Waals surface area contributed by atoms with E-state index >= 15 is 0 Å². The van der Waals surface area contributed by atoms with Crippen molar-refractivity contribution >= 4 is 10.0 Å². The summed E-state index contributed by atoms with van der Waals surface area (Å²) in [4.78, 5) is 4.64. The summed E-state index contributed by atoms with van der Waals surface area (Å²) in [6.07, 6.45) is 3.13. The molecule has 2 rings (SSSR count). The maximum Gasteiger partial charge on any atom is 0.243 e. The van der Waals surface area contributed by atoms with E-state index in [4.69, 9.17) is 0 Å². The lowest BCUT2D eigenvalue weighted by Crippen LogP contribution is -2.33. The molecule has 0 atom stereocenters. The number of benzene rings is 1. The summed E-state index contributed by atoms with van der Waals surface area (Å²) in [5.41, 5.74) is 3.00. The average molecular weight is 332 g/mol. The molecule has 0 saturated heterocycles. The van der Waals surface area contributed by atoms with Crippen LogP contribution in [0.5, 0.6) is 0 Å². The molecule has 0 amide bonds. The Morgan fingerprint density at radius 2 is 1.83 bits per heavy atom. The van der Waals surface area contributed by atoms with Crippen LogP contribution < -0.4 is 0 Å². The molecule has 1 aromatic heterocycles. The Balaban J connectivity index is 2.22. The number of pyridine rings is 1. The van der Waals surface area contributed by atoms with Crippen molar-refractivity contribution in [3.63, 3.8) is 0 Å². The van der Waals surface area contributed by atoms with Crippen LogP contribution in [-0.4, -0.2) is 30.8 Å². The van der Waals surface area contributed by atoms with Crippen molar-refractivity contribution in [3.05, 3.63) is 59.4 Å². The molecule has 0 N–H and O–H groups in total. The van der Waals surface area contributed by atoms with Gasteiger partial charge in [-0.1, -0.05) is 19.1 Å². The van der Waals surface area contributed by atoms with Crippen molar-refractivity contribution in [2.24, 2.45) is 0 Å². The lowest BCUT2D eigenvalue weighted by atomic mass is 10.1. The number of aryl methyl sites for hydroxylation is 2. The van der Waals surface area contributed by atoms with Crippen LogP contribution in [0.25, 0.3) is 0 Å². The first kappa shape index (κ1) is 17.6. The molecule has 4 nitrogen and oxygen atoms in total. The van der Waals surface area contributed by atoms with E-state index in [1.54, 1.807) is 22.6 Å². The average Bonchev–Trinajstić information content (AvgIpc) is 2.54. The predicted molar refractivity (Wildman–Crippen MR) is 92.9 cm³/mol. The van der Waals surface area contributed by atoms with Crippen LogP contribution in [0.3, 0.4) is 0 Å². The minimum absolute atomic E-state index is 0.370. The molecule has 1 aromatic carbocycles. The van der Waals surface area contributed by atoms with Gasteiger partial charge in [0.2, 0.25) is 10.0 Å². The van der Waals surface area contributed by atoms with Gasteiger partial charge in [0, 0.05) is 31.4 Å². The van der Waals surface area contributed by atoms with Gasteiger partial charge in [-0.3, -0.25) is 4.98 Å². The Morgan fingerprint density at radius 1 is 1.04 bits per heavy atom. The molecule has 0 spiro atoms. The molecule has 2 aromatic rings. The van der Waals surface area contributed by atoms with Crippen molar-refractivity contribution in [1.82, 2.24) is 9.29 Å². The van der Waals surface area contributed by atoms with Crippen LogP contribution in [0.15, 0.2) is 47.5 Å². The summed E-state index contributed by atoms with van der Waals surface area (Å²) in [6, 6.07) is 11.0. The number of hydrogen-bond acceptors (Lipinski definition) is 3. The summed E-state index contributed by atoms with van der Waals surface area (Å²) in [6.45, 7) is 6.87. The van der Waals surface area contributed by atoms with Crippen LogP contribution in [0.1, 0.15) is 30.2 Å². The predicted octanol–water partition coefficient (Wildman–Crippen LogP) is 3.34. The standard InChI is InChI=1S/C18H24N2O2S/c1-4-12-20(13-10-17-7-5-6-11-19-17)23(21,22)18-9-8-15(2)16(3)14-18/h5-9,11,14H,4,10,12-13H2,1-3H3. The Labute approximate surface area is 139 Å². The zero-order valence-corrected chi connectivity index (χ0v) is 14.8. The van der Waals surface area contributed by atoms with Gasteiger partial charge in [-0.2, -0.15) is 4.31 Å². The summed E-state index contributed by atoms with van der Waals surface area (Å²) >= 11 is 0. The van der Waals surface area contributed by atoms with Gasteiger partial charge in [-0.15, -0.1) is 0 Å². The molecule has 0 aliphatic heterocycles. The summed E-state index contributed by atoms with van der Waals surface area (Å²) in [5, 5.41) is 0. The van der Waals surface area contributed by atoms with Gasteiger partial charge in [-0.05, 0) is 55.7 Å². The van der Waals surface area contributed by atoms with Crippen LogP contribution in [-0.2, 0) is 16.4 Å². The molecule has 0 radical (unpaired) electrons. The molecular weight excluding hydrogens is 308 g/mol. The molecule has 0 aliphatic rings. The lowest BCUT2D eigenvalue weighted by Gasteiger charge is -2.22. The first-order valence-electron chi connectivity index (χ1n) is 7.92. The molecule has 124 valence electrons. The number of rotatable bonds is 7. The maximum absolute atomic E-state index is 12.9. The summed E-state index contributed by atoms with van der Waals surface area (Å²) in [5.74, 6) is 0. The van der Waals surface area contributed by atoms with E-state index in [0.29, 0.717) is 24.4 Å². The Bertz CT molecular complexity index is 743. The van der Waals surface area contributed by atoms with E-state index in [-0.39, 0.29) is 0 Å². The maximum atomic E-state index is 12.9. The number of aromatic nitrogens is 1. The molecule has 0 aliphatic carbocycles. The molecule has 5 heteroatoms. The number of nitrogens with zero attached hydrogens (tertiary/aromatic N) is 2. The minimum atomic E-state index is -3.47. The molecule has 0 bridgehead atoms. The topological polar surface area (TPSA) is 50.3 Å². The summed E-state index contributed by atoms with van der Waals surface area (Å²) in [7, 11) is -3.47. The molecular formula is C18H24N2O2S. The highest BCUT2D eigenvalue weighted by atomic mass is 32.2. The van der Waals surface area contributed by atoms with E-state index in [9.17, 15) is 8.42 Å². The van der Waals surface area contributed by atoms with Gasteiger partial charge in [0.25, 0.3) is 0 Å². The fraction of sp³-hybridized carbons (Fsp3) is 0.389. The quantitative estimate of drug-likeness (QED) is 0.781. The molecule has 0 saturated carbocycles. The van der Waals surface area contributed by atoms with Crippen molar-refractivity contribution in [2.45, 2.75) is 38.5 Å². The fourth-order valence-corrected chi connectivity index (χ4v) is 4.03. The second-order valence-electron chi connectivity index (χ2n) is 5.72. The van der Waals surface area contributed by atoms with Crippen molar-refractivity contribution < 1.29 is 8.42 Å². The lowest BCUT2D eigenvalue weighted by molar-refractivity contribution is 0.412. The third-order valence-corrected chi connectivity index (χ3v) is 5.83. The van der Waals surface area contributed by atoms with Gasteiger partial charge in [0.15, 0.2) is 0 Å². The van der Waals surface area contributed by atoms with Crippen LogP contribution in [0.4, 0.5) is 0 Å². The molecule has 1 heterocycles. The van der Waals surface area contributed by atoms with E-state index in [2.05, 4.69) is 4.98 Å². The van der Waals surface area contributed by atoms with Crippen molar-refractivity contribution in [3.8, 4) is 0 Å². The van der Waals surface area contributed by atoms with Gasteiger partial charge in [0.1, 0.15) is 0 Å². The normalized spacial score (nSPS) is 11.8. The Hall–Kier alpha value is -1.72. The van der Waals surface area contributed by atoms with Crippen LogP contribution in [0.2, 0.25) is 0 Å². The smallest absolute Gasteiger partial charge is 0.243 e. The molecule has 0 fully saturated rings. The van der Waals surface area contributed by atoms with Crippen LogP contribution in [0, 0.1) is 13.8 Å². The minimum Gasteiger partial charge on any atom is -0.261 e. The summed E-state index contributed by atoms with van der Waals surface area (Å²) < 4.78 is 27.4. The zero-order chi connectivity index (χ0) is 16.9. The number of sulfonamides is 1. The van der Waals surface area contributed by atoms with Gasteiger partial charge < -0.3 is 0 Å². The van der Waals surface area contributed by atoms with Crippen LogP contribution >= 0.6 is 0 Å². The largest absolute Gasteiger partial charge is 0.261 e. The fourth-order valence-electron chi connectivity index (χ4n) is 2.41. The second-order valence-corrected chi connectivity index (χ2v) is 7.66. The Morgan fingerprint density at radius 3 is 2.43 bits per heavy atom. The van der Waals surface area contributed by atoms with Crippen molar-refractivity contribution in [1.29, 1.82) is 0 Å². The van der Waals surface area contributed by atoms with Crippen molar-refractivity contribution in [2.75, 3.05) is 13.1 Å². The third-order valence-electron chi connectivity index (χ3n) is 3.93. The van der Waals surface area contributed by atoms with Gasteiger partial charge >= 0.3 is 0 Å². The molecule has 23 heavy (non-hydrogen) atoms. The first-order chi connectivity index (χ1) is 10.9. The van der Waals surface area contributed by atoms with E-state index in [0.717, 1.165) is 23.2 Å². The highest BCUT2D eigenvalue weighted by Crippen LogP contribution is 2.19. The third kappa shape index (κ3) is 4.39. The highest BCUT2D eigenvalue weighted by molar-refractivity contribution is 7.89. The Kier molecular flexibility index (Phi) is 5.91. The van der Waals surface area contributed by atoms with E-state index in [1.165, 1.54) is 0 Å². The van der Waals surface area contributed by atoms with E-state index in [1.807, 2.05) is 45.0 Å². The van der Waals surface area contributed by atoms with E-state index < -0.39 is 10.0 Å². The molecule has 0 unspecified atom stereocenters. The SMILES string of the molecule is CCCN(CCc1ccccn1)S(=O)(=O)c1ccc(C)c(C)c1. The highest BCUT2D eigenvalue weighted by Gasteiger charge is 2.23. The van der Waals surface area contributed by atoms with Gasteiger partial charge in [-0.25, -0.2) is 8.42 Å². The first-order valence-corrected chi connectivity index (χ1v) is 9.36. The second kappa shape index (κ2) is 7.70.